The monoisotopic (exact) mass is 208 g/mol. The van der Waals surface area contributed by atoms with E-state index < -0.39 is 0 Å². The minimum Gasteiger partial charge on any atom is -0.253 e. The Kier molecular flexibility index (Phi) is 3.84. The molecule has 0 amide bonds. The highest BCUT2D eigenvalue weighted by molar-refractivity contribution is 6.31. The first-order valence-electron chi connectivity index (χ1n) is 4.64. The molecule has 0 aromatic carbocycles. The first-order valence-corrected chi connectivity index (χ1v) is 5.02. The molecule has 0 fully saturated rings. The second-order valence-electron chi connectivity index (χ2n) is 2.64. The van der Waals surface area contributed by atoms with E-state index in [9.17, 15) is 0 Å². The largest absolute Gasteiger partial charge is 0.253 e. The molecule has 0 aliphatic heterocycles. The van der Waals surface area contributed by atoms with Gasteiger partial charge in [-0.1, -0.05) is 25.4 Å². The van der Waals surface area contributed by atoms with Gasteiger partial charge in [0.05, 0.1) is 16.1 Å². The highest BCUT2D eigenvalue weighted by Gasteiger charge is 1.96. The van der Waals surface area contributed by atoms with Crippen LogP contribution >= 0.6 is 11.6 Å². The SMILES string of the molecule is CC.Cc1ccc2ncc(Cl)cc2n1. The van der Waals surface area contributed by atoms with Gasteiger partial charge in [-0.15, -0.1) is 0 Å². The maximum Gasteiger partial charge on any atom is 0.0904 e. The third-order valence-corrected chi connectivity index (χ3v) is 1.85. The van der Waals surface area contributed by atoms with E-state index in [0.717, 1.165) is 16.7 Å². The molecule has 0 spiro atoms. The summed E-state index contributed by atoms with van der Waals surface area (Å²) in [5.41, 5.74) is 2.71. The van der Waals surface area contributed by atoms with Crippen molar-refractivity contribution in [1.29, 1.82) is 0 Å². The van der Waals surface area contributed by atoms with Crippen molar-refractivity contribution in [2.75, 3.05) is 0 Å². The van der Waals surface area contributed by atoms with Crippen molar-refractivity contribution in [2.24, 2.45) is 0 Å². The highest BCUT2D eigenvalue weighted by Crippen LogP contribution is 2.14. The summed E-state index contributed by atoms with van der Waals surface area (Å²) in [4.78, 5) is 8.42. The summed E-state index contributed by atoms with van der Waals surface area (Å²) >= 11 is 5.77. The van der Waals surface area contributed by atoms with Gasteiger partial charge in [-0.25, -0.2) is 0 Å². The first kappa shape index (κ1) is 10.9. The zero-order valence-corrected chi connectivity index (χ0v) is 9.34. The Labute approximate surface area is 89.0 Å². The molecule has 0 atom stereocenters. The summed E-state index contributed by atoms with van der Waals surface area (Å²) < 4.78 is 0. The fourth-order valence-electron chi connectivity index (χ4n) is 1.08. The van der Waals surface area contributed by atoms with Crippen molar-refractivity contribution in [3.05, 3.63) is 35.1 Å². The van der Waals surface area contributed by atoms with E-state index in [1.165, 1.54) is 0 Å². The number of halogens is 1. The van der Waals surface area contributed by atoms with Crippen LogP contribution in [0.5, 0.6) is 0 Å². The van der Waals surface area contributed by atoms with Crippen LogP contribution in [0.3, 0.4) is 0 Å². The van der Waals surface area contributed by atoms with E-state index in [-0.39, 0.29) is 0 Å². The van der Waals surface area contributed by atoms with Crippen molar-refractivity contribution in [3.8, 4) is 0 Å². The van der Waals surface area contributed by atoms with E-state index in [1.54, 1.807) is 6.20 Å². The summed E-state index contributed by atoms with van der Waals surface area (Å²) in [6.45, 7) is 5.94. The Hall–Kier alpha value is -1.15. The van der Waals surface area contributed by atoms with Gasteiger partial charge in [0.2, 0.25) is 0 Å². The van der Waals surface area contributed by atoms with Crippen molar-refractivity contribution in [3.63, 3.8) is 0 Å². The minimum atomic E-state index is 0.626. The van der Waals surface area contributed by atoms with E-state index in [2.05, 4.69) is 9.97 Å². The first-order chi connectivity index (χ1) is 6.75. The Morgan fingerprint density at radius 1 is 1.14 bits per heavy atom. The number of aryl methyl sites for hydroxylation is 1. The molecule has 0 unspecified atom stereocenters. The van der Waals surface area contributed by atoms with Gasteiger partial charge in [-0.05, 0) is 25.1 Å². The van der Waals surface area contributed by atoms with E-state index in [0.29, 0.717) is 5.02 Å². The Bertz CT molecular complexity index is 390. The molecule has 0 N–H and O–H groups in total. The number of hydrogen-bond donors (Lipinski definition) is 0. The molecule has 2 rings (SSSR count). The number of hydrogen-bond acceptors (Lipinski definition) is 2. The standard InChI is InChI=1S/C9H7ClN2.C2H6/c1-6-2-3-8-9(12-6)4-7(10)5-11-8;1-2/h2-5H,1H3;1-2H3. The van der Waals surface area contributed by atoms with E-state index in [1.807, 2.05) is 39.0 Å². The molecule has 2 aromatic heterocycles. The molecule has 0 aliphatic carbocycles. The molecule has 2 nitrogen and oxygen atoms in total. The average molecular weight is 209 g/mol. The van der Waals surface area contributed by atoms with Crippen LogP contribution in [-0.2, 0) is 0 Å². The third-order valence-electron chi connectivity index (χ3n) is 1.64. The topological polar surface area (TPSA) is 25.8 Å². The predicted octanol–water partition coefficient (Wildman–Crippen LogP) is 3.62. The van der Waals surface area contributed by atoms with Gasteiger partial charge in [-0.2, -0.15) is 0 Å². The average Bonchev–Trinajstić information content (AvgIpc) is 2.20. The fourth-order valence-corrected chi connectivity index (χ4v) is 1.24. The zero-order chi connectivity index (χ0) is 10.6. The van der Waals surface area contributed by atoms with E-state index in [4.69, 9.17) is 11.6 Å². The maximum atomic E-state index is 5.77. The van der Waals surface area contributed by atoms with Gasteiger partial charge in [-0.3, -0.25) is 9.97 Å². The normalized spacial score (nSPS) is 9.43. The van der Waals surface area contributed by atoms with Crippen molar-refractivity contribution in [1.82, 2.24) is 9.97 Å². The quantitative estimate of drug-likeness (QED) is 0.661. The third kappa shape index (κ3) is 2.42. The van der Waals surface area contributed by atoms with Gasteiger partial charge in [0.15, 0.2) is 0 Å². The molecule has 2 aromatic rings. The van der Waals surface area contributed by atoms with Gasteiger partial charge >= 0.3 is 0 Å². The Morgan fingerprint density at radius 2 is 1.86 bits per heavy atom. The lowest BCUT2D eigenvalue weighted by atomic mass is 10.3. The van der Waals surface area contributed by atoms with Gasteiger partial charge in [0.1, 0.15) is 0 Å². The van der Waals surface area contributed by atoms with Gasteiger partial charge in [0.25, 0.3) is 0 Å². The van der Waals surface area contributed by atoms with E-state index >= 15 is 0 Å². The second-order valence-corrected chi connectivity index (χ2v) is 3.08. The lowest BCUT2D eigenvalue weighted by molar-refractivity contribution is 1.24. The molecular formula is C11H13ClN2. The number of nitrogens with zero attached hydrogens (tertiary/aromatic N) is 2. The summed E-state index contributed by atoms with van der Waals surface area (Å²) in [7, 11) is 0. The maximum absolute atomic E-state index is 5.77. The van der Waals surface area contributed by atoms with Gasteiger partial charge in [0, 0.05) is 11.9 Å². The molecule has 3 heteroatoms. The number of rotatable bonds is 0. The summed E-state index contributed by atoms with van der Waals surface area (Å²) in [6.07, 6.45) is 1.63. The van der Waals surface area contributed by atoms with Crippen LogP contribution in [0, 0.1) is 6.92 Å². The lowest BCUT2D eigenvalue weighted by Gasteiger charge is -1.97. The van der Waals surface area contributed by atoms with Crippen molar-refractivity contribution < 1.29 is 0 Å². The lowest BCUT2D eigenvalue weighted by Crippen LogP contribution is -1.84. The molecule has 0 aliphatic rings. The molecular weight excluding hydrogens is 196 g/mol. The van der Waals surface area contributed by atoms with Crippen molar-refractivity contribution >= 4 is 22.6 Å². The van der Waals surface area contributed by atoms with Crippen LogP contribution in [0.25, 0.3) is 11.0 Å². The summed E-state index contributed by atoms with van der Waals surface area (Å²) in [5.74, 6) is 0. The molecule has 2 heterocycles. The number of aromatic nitrogens is 2. The van der Waals surface area contributed by atoms with Gasteiger partial charge < -0.3 is 0 Å². The van der Waals surface area contributed by atoms with Crippen LogP contribution in [-0.4, -0.2) is 9.97 Å². The molecule has 0 saturated heterocycles. The minimum absolute atomic E-state index is 0.626. The van der Waals surface area contributed by atoms with Crippen LogP contribution in [0.2, 0.25) is 5.02 Å². The Morgan fingerprint density at radius 3 is 2.57 bits per heavy atom. The number of fused-ring (bicyclic) bond motifs is 1. The molecule has 0 saturated carbocycles. The van der Waals surface area contributed by atoms with Crippen LogP contribution in [0.4, 0.5) is 0 Å². The zero-order valence-electron chi connectivity index (χ0n) is 8.58. The molecule has 74 valence electrons. The second kappa shape index (κ2) is 4.91. The van der Waals surface area contributed by atoms with Crippen LogP contribution in [0.1, 0.15) is 19.5 Å². The number of pyridine rings is 2. The van der Waals surface area contributed by atoms with Crippen molar-refractivity contribution in [2.45, 2.75) is 20.8 Å². The highest BCUT2D eigenvalue weighted by atomic mass is 35.5. The molecule has 14 heavy (non-hydrogen) atoms. The molecule has 0 radical (unpaired) electrons. The predicted molar refractivity (Wildman–Crippen MR) is 60.6 cm³/mol. The molecule has 0 bridgehead atoms. The summed E-state index contributed by atoms with van der Waals surface area (Å²) in [5, 5.41) is 0.626. The van der Waals surface area contributed by atoms with Crippen LogP contribution in [0.15, 0.2) is 24.4 Å². The van der Waals surface area contributed by atoms with Crippen LogP contribution < -0.4 is 0 Å². The fraction of sp³-hybridized carbons (Fsp3) is 0.273. The smallest absolute Gasteiger partial charge is 0.0904 e. The summed E-state index contributed by atoms with van der Waals surface area (Å²) in [6, 6.07) is 5.69. The Balaban J connectivity index is 0.000000461.